The summed E-state index contributed by atoms with van der Waals surface area (Å²) in [6, 6.07) is 13.5. The number of benzene rings is 2. The number of carbonyl (C=O) groups is 3. The van der Waals surface area contributed by atoms with Crippen molar-refractivity contribution >= 4 is 40.6 Å². The lowest BCUT2D eigenvalue weighted by atomic mass is 9.94. The van der Waals surface area contributed by atoms with Crippen molar-refractivity contribution in [2.24, 2.45) is 5.73 Å². The first-order valence-electron chi connectivity index (χ1n) is 12.8. The number of nitrogens with one attached hydrogen (secondary N) is 1. The van der Waals surface area contributed by atoms with E-state index in [-0.39, 0.29) is 28.2 Å². The summed E-state index contributed by atoms with van der Waals surface area (Å²) < 4.78 is 9.59. The monoisotopic (exact) mass is 535 g/mol. The minimum atomic E-state index is -0.999. The highest BCUT2D eigenvalue weighted by molar-refractivity contribution is 7.09. The Morgan fingerprint density at radius 2 is 1.74 bits per heavy atom. The van der Waals surface area contributed by atoms with Crippen LogP contribution in [0.15, 0.2) is 48.5 Å². The molecular formula is C28H33N5O4S. The second-order valence-corrected chi connectivity index (χ2v) is 10.2. The van der Waals surface area contributed by atoms with Gasteiger partial charge in [0, 0.05) is 11.7 Å². The van der Waals surface area contributed by atoms with Gasteiger partial charge in [0.1, 0.15) is 16.7 Å². The lowest BCUT2D eigenvalue weighted by molar-refractivity contribution is -0.123. The molecule has 1 saturated carbocycles. The summed E-state index contributed by atoms with van der Waals surface area (Å²) in [6.45, 7) is 4.33. The third-order valence-electron chi connectivity index (χ3n) is 6.65. The quantitative estimate of drug-likeness (QED) is 0.372. The Bertz CT molecular complexity index is 1280. The van der Waals surface area contributed by atoms with Crippen molar-refractivity contribution in [2.45, 2.75) is 58.0 Å². The number of aromatic nitrogens is 1. The van der Waals surface area contributed by atoms with E-state index in [1.807, 2.05) is 38.1 Å². The summed E-state index contributed by atoms with van der Waals surface area (Å²) in [5.74, 6) is -1.03. The molecule has 1 aliphatic rings. The molecule has 2 aromatic carbocycles. The minimum Gasteiger partial charge on any atom is -0.494 e. The lowest BCUT2D eigenvalue weighted by Gasteiger charge is -2.33. The lowest BCUT2D eigenvalue weighted by Crippen LogP contribution is -2.47. The molecule has 0 aliphatic heterocycles. The number of aryl methyl sites for hydroxylation is 1. The van der Waals surface area contributed by atoms with Gasteiger partial charge < -0.3 is 21.5 Å². The minimum absolute atomic E-state index is 0.0373. The van der Waals surface area contributed by atoms with Crippen molar-refractivity contribution in [3.05, 3.63) is 70.2 Å². The summed E-state index contributed by atoms with van der Waals surface area (Å²) in [4.78, 5) is 41.4. The highest BCUT2D eigenvalue weighted by atomic mass is 32.1. The standard InChI is InChI=1S/C28H33N5O4S/c1-3-37-21-15-13-20(14-16-21)33(28(36)25-22(29)23(26(30)34)32-38-25)24(18-11-9-17(2)10-12-18)27(35)31-19-7-5-4-6-8-19/h9-16,19,24H,3-8,29H2,1-2H3,(H2,30,34)(H,31,35)/t24-/m0/s1. The topological polar surface area (TPSA) is 141 Å². The van der Waals surface area contributed by atoms with E-state index >= 15 is 0 Å². The molecule has 200 valence electrons. The van der Waals surface area contributed by atoms with Gasteiger partial charge in [-0.25, -0.2) is 0 Å². The van der Waals surface area contributed by atoms with Gasteiger partial charge in [0.25, 0.3) is 11.8 Å². The van der Waals surface area contributed by atoms with Crippen molar-refractivity contribution in [2.75, 3.05) is 17.2 Å². The van der Waals surface area contributed by atoms with Crippen LogP contribution >= 0.6 is 11.5 Å². The van der Waals surface area contributed by atoms with Crippen LogP contribution in [0.4, 0.5) is 11.4 Å². The summed E-state index contributed by atoms with van der Waals surface area (Å²) in [5.41, 5.74) is 13.4. The summed E-state index contributed by atoms with van der Waals surface area (Å²) in [7, 11) is 0. The second-order valence-electron chi connectivity index (χ2n) is 9.40. The van der Waals surface area contributed by atoms with Crippen LogP contribution in [-0.4, -0.2) is 34.7 Å². The molecule has 1 aliphatic carbocycles. The molecule has 1 aromatic heterocycles. The fraction of sp³-hybridized carbons (Fsp3) is 0.357. The number of rotatable bonds is 9. The van der Waals surface area contributed by atoms with E-state index in [0.717, 1.165) is 49.2 Å². The smallest absolute Gasteiger partial charge is 0.273 e. The molecular weight excluding hydrogens is 502 g/mol. The van der Waals surface area contributed by atoms with Gasteiger partial charge >= 0.3 is 0 Å². The second kappa shape index (κ2) is 12.1. The first-order valence-corrected chi connectivity index (χ1v) is 13.6. The number of hydrogen-bond acceptors (Lipinski definition) is 7. The van der Waals surface area contributed by atoms with Crippen LogP contribution in [0, 0.1) is 6.92 Å². The molecule has 3 amide bonds. The Morgan fingerprint density at radius 3 is 2.32 bits per heavy atom. The van der Waals surface area contributed by atoms with Crippen molar-refractivity contribution in [1.82, 2.24) is 9.69 Å². The molecule has 0 saturated heterocycles. The van der Waals surface area contributed by atoms with E-state index in [1.165, 1.54) is 4.90 Å². The van der Waals surface area contributed by atoms with Crippen LogP contribution in [0.25, 0.3) is 0 Å². The van der Waals surface area contributed by atoms with E-state index < -0.39 is 17.9 Å². The Kier molecular flexibility index (Phi) is 8.62. The van der Waals surface area contributed by atoms with E-state index in [0.29, 0.717) is 23.6 Å². The molecule has 0 spiro atoms. The highest BCUT2D eigenvalue weighted by Gasteiger charge is 2.37. The molecule has 9 nitrogen and oxygen atoms in total. The normalized spacial score (nSPS) is 14.5. The summed E-state index contributed by atoms with van der Waals surface area (Å²) in [5, 5.41) is 3.18. The van der Waals surface area contributed by atoms with Crippen LogP contribution in [0.5, 0.6) is 5.75 Å². The average molecular weight is 536 g/mol. The third-order valence-corrected chi connectivity index (χ3v) is 7.50. The zero-order valence-corrected chi connectivity index (χ0v) is 22.4. The van der Waals surface area contributed by atoms with Crippen molar-refractivity contribution in [1.29, 1.82) is 0 Å². The van der Waals surface area contributed by atoms with Crippen LogP contribution in [-0.2, 0) is 4.79 Å². The predicted molar refractivity (Wildman–Crippen MR) is 148 cm³/mol. The number of nitrogens with two attached hydrogens (primary N) is 2. The highest BCUT2D eigenvalue weighted by Crippen LogP contribution is 2.34. The van der Waals surface area contributed by atoms with Crippen LogP contribution in [0.3, 0.4) is 0 Å². The van der Waals surface area contributed by atoms with E-state index in [2.05, 4.69) is 9.69 Å². The Labute approximate surface area is 226 Å². The fourth-order valence-electron chi connectivity index (χ4n) is 4.69. The molecule has 10 heteroatoms. The van der Waals surface area contributed by atoms with Crippen LogP contribution in [0.2, 0.25) is 0 Å². The molecule has 0 bridgehead atoms. The number of primary amides is 1. The van der Waals surface area contributed by atoms with Gasteiger partial charge in [0.2, 0.25) is 5.91 Å². The number of nitrogen functional groups attached to an aromatic ring is 1. The van der Waals surface area contributed by atoms with Crippen molar-refractivity contribution in [3.8, 4) is 5.75 Å². The molecule has 5 N–H and O–H groups in total. The number of anilines is 2. The van der Waals surface area contributed by atoms with Crippen LogP contribution in [0.1, 0.15) is 76.4 Å². The molecule has 0 unspecified atom stereocenters. The first-order chi connectivity index (χ1) is 18.3. The van der Waals surface area contributed by atoms with Crippen molar-refractivity contribution < 1.29 is 19.1 Å². The molecule has 38 heavy (non-hydrogen) atoms. The fourth-order valence-corrected chi connectivity index (χ4v) is 5.43. The maximum absolute atomic E-state index is 14.1. The molecule has 0 radical (unpaired) electrons. The third kappa shape index (κ3) is 5.96. The summed E-state index contributed by atoms with van der Waals surface area (Å²) in [6.07, 6.45) is 5.04. The van der Waals surface area contributed by atoms with Gasteiger partial charge in [0.15, 0.2) is 5.69 Å². The number of carbonyl (C=O) groups excluding carboxylic acids is 3. The van der Waals surface area contributed by atoms with Gasteiger partial charge in [0.05, 0.1) is 12.3 Å². The number of amides is 3. The molecule has 1 atom stereocenters. The zero-order chi connectivity index (χ0) is 27.2. The molecule has 1 heterocycles. The average Bonchev–Trinajstić information content (AvgIpc) is 3.30. The number of nitrogens with zero attached hydrogens (tertiary/aromatic N) is 2. The molecule has 3 aromatic rings. The SMILES string of the molecule is CCOc1ccc(N(C(=O)c2snc(C(N)=O)c2N)[C@H](C(=O)NC2CCCCC2)c2ccc(C)cc2)cc1. The summed E-state index contributed by atoms with van der Waals surface area (Å²) >= 11 is 0.786. The Hall–Kier alpha value is -3.92. The first kappa shape index (κ1) is 27.1. The van der Waals surface area contributed by atoms with Gasteiger partial charge in [-0.2, -0.15) is 4.37 Å². The molecule has 1 fully saturated rings. The van der Waals surface area contributed by atoms with Gasteiger partial charge in [-0.05, 0) is 68.1 Å². The van der Waals surface area contributed by atoms with Gasteiger partial charge in [-0.3, -0.25) is 19.3 Å². The maximum Gasteiger partial charge on any atom is 0.273 e. The Morgan fingerprint density at radius 1 is 1.08 bits per heavy atom. The van der Waals surface area contributed by atoms with E-state index in [4.69, 9.17) is 16.2 Å². The van der Waals surface area contributed by atoms with E-state index in [1.54, 1.807) is 24.3 Å². The number of ether oxygens (including phenoxy) is 1. The van der Waals surface area contributed by atoms with Crippen molar-refractivity contribution in [3.63, 3.8) is 0 Å². The molecule has 4 rings (SSSR count). The van der Waals surface area contributed by atoms with Gasteiger partial charge in [-0.1, -0.05) is 49.1 Å². The maximum atomic E-state index is 14.1. The number of hydrogen-bond donors (Lipinski definition) is 3. The predicted octanol–water partition coefficient (Wildman–Crippen LogP) is 4.37. The zero-order valence-electron chi connectivity index (χ0n) is 21.6. The Balaban J connectivity index is 1.82. The largest absolute Gasteiger partial charge is 0.494 e. The van der Waals surface area contributed by atoms with Crippen LogP contribution < -0.4 is 26.4 Å². The van der Waals surface area contributed by atoms with Gasteiger partial charge in [-0.15, -0.1) is 0 Å². The van der Waals surface area contributed by atoms with E-state index in [9.17, 15) is 14.4 Å².